The number of nitrogens with two attached hydrogens (primary N) is 1. The summed E-state index contributed by atoms with van der Waals surface area (Å²) in [5.74, 6) is 1.49. The first-order valence-electron chi connectivity index (χ1n) is 8.26. The van der Waals surface area contributed by atoms with Crippen molar-refractivity contribution in [3.63, 3.8) is 0 Å². The molecule has 2 aromatic rings. The predicted octanol–water partition coefficient (Wildman–Crippen LogP) is 3.57. The van der Waals surface area contributed by atoms with Crippen molar-refractivity contribution in [1.82, 2.24) is 4.98 Å². The van der Waals surface area contributed by atoms with E-state index in [1.54, 1.807) is 13.3 Å². The largest absolute Gasteiger partial charge is 0.493 e. The van der Waals surface area contributed by atoms with Crippen molar-refractivity contribution in [2.24, 2.45) is 5.73 Å². The van der Waals surface area contributed by atoms with Crippen molar-refractivity contribution in [1.29, 1.82) is 0 Å². The zero-order valence-electron chi connectivity index (χ0n) is 14.3. The number of pyridine rings is 1. The van der Waals surface area contributed by atoms with E-state index in [1.165, 1.54) is 0 Å². The van der Waals surface area contributed by atoms with E-state index in [0.29, 0.717) is 19.2 Å². The average molecular weight is 317 g/mol. The van der Waals surface area contributed by atoms with Crippen LogP contribution in [0, 0.1) is 0 Å². The topological polar surface area (TPSA) is 69.4 Å². The van der Waals surface area contributed by atoms with Gasteiger partial charge in [0.25, 0.3) is 0 Å². The lowest BCUT2D eigenvalue weighted by atomic mass is 10.1. The van der Waals surface area contributed by atoms with Crippen LogP contribution >= 0.6 is 0 Å². The molecule has 1 aromatic heterocycles. The normalized spacial score (nSPS) is 12.2. The van der Waals surface area contributed by atoms with Gasteiger partial charge in [0.1, 0.15) is 0 Å². The molecule has 0 amide bonds. The summed E-state index contributed by atoms with van der Waals surface area (Å²) in [5.41, 5.74) is 7.46. The summed E-state index contributed by atoms with van der Waals surface area (Å²) < 4.78 is 11.4. The molecule has 0 fully saturated rings. The van der Waals surface area contributed by atoms with Gasteiger partial charge in [-0.2, -0.15) is 0 Å². The lowest BCUT2D eigenvalue weighted by molar-refractivity contribution is 0.298. The summed E-state index contributed by atoms with van der Waals surface area (Å²) in [6.45, 7) is 5.60. The lowest BCUT2D eigenvalue weighted by Gasteiger charge is -2.19. The molecule has 1 heterocycles. The highest BCUT2D eigenvalue weighted by Crippen LogP contribution is 2.39. The molecule has 1 atom stereocenters. The third kappa shape index (κ3) is 4.26. The molecule has 5 nitrogen and oxygen atoms in total. The number of fused-ring (bicyclic) bond motifs is 1. The van der Waals surface area contributed by atoms with E-state index in [1.807, 2.05) is 18.2 Å². The van der Waals surface area contributed by atoms with Crippen LogP contribution in [0.15, 0.2) is 24.4 Å². The van der Waals surface area contributed by atoms with E-state index in [2.05, 4.69) is 24.1 Å². The van der Waals surface area contributed by atoms with E-state index in [9.17, 15) is 0 Å². The van der Waals surface area contributed by atoms with E-state index in [0.717, 1.165) is 47.4 Å². The Balaban J connectivity index is 2.41. The van der Waals surface area contributed by atoms with Crippen LogP contribution in [-0.4, -0.2) is 31.3 Å². The summed E-state index contributed by atoms with van der Waals surface area (Å²) in [6.07, 6.45) is 4.75. The van der Waals surface area contributed by atoms with Crippen molar-refractivity contribution in [2.45, 2.75) is 39.2 Å². The molecule has 0 aliphatic heterocycles. The first kappa shape index (κ1) is 17.3. The van der Waals surface area contributed by atoms with Crippen LogP contribution in [0.3, 0.4) is 0 Å². The fraction of sp³-hybridized carbons (Fsp3) is 0.500. The number of benzene rings is 1. The number of hydrogen-bond acceptors (Lipinski definition) is 5. The minimum absolute atomic E-state index is 0.316. The number of rotatable bonds is 9. The molecule has 2 rings (SSSR count). The van der Waals surface area contributed by atoms with Crippen molar-refractivity contribution in [3.8, 4) is 11.5 Å². The standard InChI is InChI=1S/C18H27N3O2/c1-4-11-23-18-14-8-6-10-20-17(14)15(12-16(18)22-3)21-13(2)7-5-9-19/h6,8,10,12-13,21H,4-5,7,9,11,19H2,1-3H3. The fourth-order valence-corrected chi connectivity index (χ4v) is 2.58. The molecule has 0 bridgehead atoms. The average Bonchev–Trinajstić information content (AvgIpc) is 2.58. The minimum Gasteiger partial charge on any atom is -0.493 e. The van der Waals surface area contributed by atoms with Crippen LogP contribution in [0.5, 0.6) is 11.5 Å². The molecule has 1 aromatic carbocycles. The number of anilines is 1. The van der Waals surface area contributed by atoms with E-state index >= 15 is 0 Å². The molecule has 3 N–H and O–H groups in total. The third-order valence-corrected chi connectivity index (χ3v) is 3.72. The molecule has 5 heteroatoms. The van der Waals surface area contributed by atoms with E-state index < -0.39 is 0 Å². The first-order valence-corrected chi connectivity index (χ1v) is 8.26. The Morgan fingerprint density at radius 2 is 2.22 bits per heavy atom. The van der Waals surface area contributed by atoms with Crippen molar-refractivity contribution in [2.75, 3.05) is 25.6 Å². The van der Waals surface area contributed by atoms with Gasteiger partial charge in [-0.25, -0.2) is 0 Å². The molecule has 0 radical (unpaired) electrons. The third-order valence-electron chi connectivity index (χ3n) is 3.72. The van der Waals surface area contributed by atoms with Gasteiger partial charge >= 0.3 is 0 Å². The van der Waals surface area contributed by atoms with Crippen LogP contribution in [0.2, 0.25) is 0 Å². The van der Waals surface area contributed by atoms with Gasteiger partial charge in [-0.1, -0.05) is 6.92 Å². The quantitative estimate of drug-likeness (QED) is 0.740. The minimum atomic E-state index is 0.316. The highest BCUT2D eigenvalue weighted by molar-refractivity contribution is 5.97. The molecule has 23 heavy (non-hydrogen) atoms. The summed E-state index contributed by atoms with van der Waals surface area (Å²) in [7, 11) is 1.66. The Hall–Kier alpha value is -2.01. The van der Waals surface area contributed by atoms with Crippen molar-refractivity contribution in [3.05, 3.63) is 24.4 Å². The molecule has 0 saturated carbocycles. The molecule has 126 valence electrons. The zero-order valence-corrected chi connectivity index (χ0v) is 14.3. The molecular weight excluding hydrogens is 290 g/mol. The number of nitrogens with one attached hydrogen (secondary N) is 1. The Morgan fingerprint density at radius 3 is 2.91 bits per heavy atom. The lowest BCUT2D eigenvalue weighted by Crippen LogP contribution is -2.17. The maximum Gasteiger partial charge on any atom is 0.170 e. The maximum atomic E-state index is 5.91. The molecular formula is C18H27N3O2. The van der Waals surface area contributed by atoms with Gasteiger partial charge in [-0.05, 0) is 44.9 Å². The Bertz CT molecular complexity index is 631. The highest BCUT2D eigenvalue weighted by Gasteiger charge is 2.16. The smallest absolute Gasteiger partial charge is 0.170 e. The van der Waals surface area contributed by atoms with Crippen LogP contribution < -0.4 is 20.5 Å². The maximum absolute atomic E-state index is 5.91. The highest BCUT2D eigenvalue weighted by atomic mass is 16.5. The Kier molecular flexibility index (Phi) is 6.47. The molecule has 0 aliphatic carbocycles. The van der Waals surface area contributed by atoms with Gasteiger partial charge in [-0.3, -0.25) is 4.98 Å². The Labute approximate surface area is 138 Å². The molecule has 0 spiro atoms. The second-order valence-corrected chi connectivity index (χ2v) is 5.68. The number of ether oxygens (including phenoxy) is 2. The van der Waals surface area contributed by atoms with Crippen molar-refractivity contribution >= 4 is 16.6 Å². The predicted molar refractivity (Wildman–Crippen MR) is 95.5 cm³/mol. The van der Waals surface area contributed by atoms with Gasteiger partial charge in [0.2, 0.25) is 0 Å². The number of hydrogen-bond donors (Lipinski definition) is 2. The van der Waals surface area contributed by atoms with E-state index in [4.69, 9.17) is 15.2 Å². The van der Waals surface area contributed by atoms with Gasteiger partial charge in [-0.15, -0.1) is 0 Å². The van der Waals surface area contributed by atoms with Crippen LogP contribution in [0.4, 0.5) is 5.69 Å². The van der Waals surface area contributed by atoms with Gasteiger partial charge < -0.3 is 20.5 Å². The van der Waals surface area contributed by atoms with Crippen LogP contribution in [0.1, 0.15) is 33.1 Å². The SMILES string of the molecule is CCCOc1c(OC)cc(NC(C)CCCN)c2ncccc12. The van der Waals surface area contributed by atoms with Crippen LogP contribution in [0.25, 0.3) is 10.9 Å². The summed E-state index contributed by atoms with van der Waals surface area (Å²) in [5, 5.41) is 4.49. The summed E-state index contributed by atoms with van der Waals surface area (Å²) in [6, 6.07) is 6.23. The van der Waals surface area contributed by atoms with Gasteiger partial charge in [0, 0.05) is 23.7 Å². The van der Waals surface area contributed by atoms with Crippen molar-refractivity contribution < 1.29 is 9.47 Å². The second kappa shape index (κ2) is 8.58. The monoisotopic (exact) mass is 317 g/mol. The molecule has 0 saturated heterocycles. The van der Waals surface area contributed by atoms with Gasteiger partial charge in [0.05, 0.1) is 24.9 Å². The number of aromatic nitrogens is 1. The van der Waals surface area contributed by atoms with Crippen LogP contribution in [-0.2, 0) is 0 Å². The number of methoxy groups -OCH3 is 1. The summed E-state index contributed by atoms with van der Waals surface area (Å²) >= 11 is 0. The summed E-state index contributed by atoms with van der Waals surface area (Å²) in [4.78, 5) is 4.54. The van der Waals surface area contributed by atoms with Gasteiger partial charge in [0.15, 0.2) is 11.5 Å². The fourth-order valence-electron chi connectivity index (χ4n) is 2.58. The first-order chi connectivity index (χ1) is 11.2. The van der Waals surface area contributed by atoms with E-state index in [-0.39, 0.29) is 0 Å². The molecule has 1 unspecified atom stereocenters. The number of nitrogens with zero attached hydrogens (tertiary/aromatic N) is 1. The second-order valence-electron chi connectivity index (χ2n) is 5.68. The Morgan fingerprint density at radius 1 is 1.39 bits per heavy atom. The zero-order chi connectivity index (χ0) is 16.7. The molecule has 0 aliphatic rings.